The number of nitrogens with one attached hydrogen (secondary N) is 1. The second kappa shape index (κ2) is 10.8. The van der Waals surface area contributed by atoms with Gasteiger partial charge in [-0.05, 0) is 61.2 Å². The molecule has 1 heterocycles. The predicted molar refractivity (Wildman–Crippen MR) is 117 cm³/mol. The van der Waals surface area contributed by atoms with E-state index < -0.39 is 0 Å². The van der Waals surface area contributed by atoms with Gasteiger partial charge in [-0.3, -0.25) is 0 Å². The van der Waals surface area contributed by atoms with E-state index in [1.165, 1.54) is 5.56 Å². The fourth-order valence-electron chi connectivity index (χ4n) is 3.09. The van der Waals surface area contributed by atoms with Crippen molar-refractivity contribution in [2.75, 3.05) is 19.7 Å². The molecule has 0 fully saturated rings. The number of hydrogen-bond donors (Lipinski definition) is 1. The third-order valence-electron chi connectivity index (χ3n) is 4.60. The van der Waals surface area contributed by atoms with E-state index in [9.17, 15) is 0 Å². The standard InChI is InChI=1S/C24H27ClN2O/c1-2-16-28-23-11-7-6-10-20(23)12-14-26-15-13-21-17-22(18-27-24(21)25)19-8-4-3-5-9-19/h3-11,17-18,26H,2,12-16H2,1H3. The molecule has 0 aliphatic heterocycles. The summed E-state index contributed by atoms with van der Waals surface area (Å²) >= 11 is 6.31. The average molecular weight is 395 g/mol. The Morgan fingerprint density at radius 3 is 2.39 bits per heavy atom. The molecule has 0 bridgehead atoms. The maximum atomic E-state index is 6.31. The molecule has 0 aliphatic carbocycles. The SMILES string of the molecule is CCCOc1ccccc1CCNCCc1cc(-c2ccccc2)cnc1Cl. The molecule has 0 unspecified atom stereocenters. The van der Waals surface area contributed by atoms with Crippen LogP contribution in [0.1, 0.15) is 24.5 Å². The van der Waals surface area contributed by atoms with Gasteiger partial charge in [-0.15, -0.1) is 0 Å². The van der Waals surface area contributed by atoms with Gasteiger partial charge in [-0.1, -0.05) is 67.1 Å². The van der Waals surface area contributed by atoms with E-state index in [0.717, 1.165) is 61.4 Å². The molecular formula is C24H27ClN2O. The van der Waals surface area contributed by atoms with Crippen LogP contribution in [0.2, 0.25) is 5.15 Å². The van der Waals surface area contributed by atoms with Crippen molar-refractivity contribution in [1.82, 2.24) is 10.3 Å². The number of ether oxygens (including phenoxy) is 1. The summed E-state index contributed by atoms with van der Waals surface area (Å²) in [5, 5.41) is 4.09. The number of benzene rings is 2. The van der Waals surface area contributed by atoms with Gasteiger partial charge in [-0.25, -0.2) is 4.98 Å². The molecule has 0 saturated heterocycles. The highest BCUT2D eigenvalue weighted by molar-refractivity contribution is 6.30. The topological polar surface area (TPSA) is 34.1 Å². The zero-order chi connectivity index (χ0) is 19.6. The number of nitrogens with zero attached hydrogens (tertiary/aromatic N) is 1. The molecule has 0 radical (unpaired) electrons. The molecule has 0 saturated carbocycles. The highest BCUT2D eigenvalue weighted by Crippen LogP contribution is 2.23. The first-order chi connectivity index (χ1) is 13.8. The number of rotatable bonds is 10. The molecule has 3 rings (SSSR count). The van der Waals surface area contributed by atoms with Crippen molar-refractivity contribution in [3.63, 3.8) is 0 Å². The lowest BCUT2D eigenvalue weighted by Crippen LogP contribution is -2.20. The molecule has 0 amide bonds. The maximum absolute atomic E-state index is 6.31. The first kappa shape index (κ1) is 20.4. The van der Waals surface area contributed by atoms with Gasteiger partial charge in [0, 0.05) is 11.8 Å². The monoisotopic (exact) mass is 394 g/mol. The molecule has 0 aliphatic rings. The summed E-state index contributed by atoms with van der Waals surface area (Å²) in [4.78, 5) is 4.36. The summed E-state index contributed by atoms with van der Waals surface area (Å²) in [6.45, 7) is 4.64. The van der Waals surface area contributed by atoms with Crippen molar-refractivity contribution in [2.24, 2.45) is 0 Å². The number of pyridine rings is 1. The molecule has 146 valence electrons. The van der Waals surface area contributed by atoms with Crippen LogP contribution < -0.4 is 10.1 Å². The van der Waals surface area contributed by atoms with Gasteiger partial charge in [-0.2, -0.15) is 0 Å². The average Bonchev–Trinajstić information content (AvgIpc) is 2.74. The second-order valence-electron chi connectivity index (χ2n) is 6.75. The van der Waals surface area contributed by atoms with Crippen LogP contribution in [0.3, 0.4) is 0 Å². The Bertz CT molecular complexity index is 867. The van der Waals surface area contributed by atoms with Gasteiger partial charge >= 0.3 is 0 Å². The quantitative estimate of drug-likeness (QED) is 0.360. The zero-order valence-electron chi connectivity index (χ0n) is 16.3. The van der Waals surface area contributed by atoms with Crippen molar-refractivity contribution in [2.45, 2.75) is 26.2 Å². The Morgan fingerprint density at radius 2 is 1.61 bits per heavy atom. The Hall–Kier alpha value is -2.36. The highest BCUT2D eigenvalue weighted by Gasteiger charge is 2.06. The van der Waals surface area contributed by atoms with E-state index in [4.69, 9.17) is 16.3 Å². The van der Waals surface area contributed by atoms with Crippen LogP contribution in [0.5, 0.6) is 5.75 Å². The van der Waals surface area contributed by atoms with Crippen LogP contribution in [0, 0.1) is 0 Å². The summed E-state index contributed by atoms with van der Waals surface area (Å²) in [7, 11) is 0. The molecular weight excluding hydrogens is 368 g/mol. The largest absolute Gasteiger partial charge is 0.493 e. The van der Waals surface area contributed by atoms with E-state index in [2.05, 4.69) is 47.6 Å². The number of para-hydroxylation sites is 1. The molecule has 3 aromatic rings. The van der Waals surface area contributed by atoms with Crippen molar-refractivity contribution in [3.8, 4) is 16.9 Å². The van der Waals surface area contributed by atoms with Gasteiger partial charge in [0.05, 0.1) is 6.61 Å². The van der Waals surface area contributed by atoms with Gasteiger partial charge in [0.2, 0.25) is 0 Å². The summed E-state index contributed by atoms with van der Waals surface area (Å²) in [6, 6.07) is 20.7. The molecule has 1 aromatic heterocycles. The summed E-state index contributed by atoms with van der Waals surface area (Å²) in [5.41, 5.74) is 4.57. The highest BCUT2D eigenvalue weighted by atomic mass is 35.5. The summed E-state index contributed by atoms with van der Waals surface area (Å²) in [5.74, 6) is 0.994. The van der Waals surface area contributed by atoms with E-state index in [0.29, 0.717) is 5.15 Å². The van der Waals surface area contributed by atoms with E-state index in [-0.39, 0.29) is 0 Å². The van der Waals surface area contributed by atoms with Crippen LogP contribution in [0.25, 0.3) is 11.1 Å². The van der Waals surface area contributed by atoms with Crippen LogP contribution in [0.4, 0.5) is 0 Å². The van der Waals surface area contributed by atoms with Gasteiger partial charge < -0.3 is 10.1 Å². The Balaban J connectivity index is 1.51. The number of hydrogen-bond acceptors (Lipinski definition) is 3. The van der Waals surface area contributed by atoms with E-state index in [1.807, 2.05) is 36.5 Å². The van der Waals surface area contributed by atoms with E-state index in [1.54, 1.807) is 0 Å². The van der Waals surface area contributed by atoms with Gasteiger partial charge in [0.25, 0.3) is 0 Å². The fourth-order valence-corrected chi connectivity index (χ4v) is 3.29. The lowest BCUT2D eigenvalue weighted by molar-refractivity contribution is 0.314. The van der Waals surface area contributed by atoms with Crippen molar-refractivity contribution in [1.29, 1.82) is 0 Å². The van der Waals surface area contributed by atoms with E-state index >= 15 is 0 Å². The van der Waals surface area contributed by atoms with Crippen LogP contribution >= 0.6 is 11.6 Å². The van der Waals surface area contributed by atoms with Crippen molar-refractivity contribution < 1.29 is 4.74 Å². The second-order valence-corrected chi connectivity index (χ2v) is 7.10. The van der Waals surface area contributed by atoms with Gasteiger partial charge in [0.1, 0.15) is 10.9 Å². The number of halogens is 1. The minimum absolute atomic E-state index is 0.583. The molecule has 3 nitrogen and oxygen atoms in total. The third kappa shape index (κ3) is 5.82. The van der Waals surface area contributed by atoms with Crippen molar-refractivity contribution in [3.05, 3.63) is 83.1 Å². The fraction of sp³-hybridized carbons (Fsp3) is 0.292. The summed E-state index contributed by atoms with van der Waals surface area (Å²) in [6.07, 6.45) is 4.64. The molecule has 2 aromatic carbocycles. The Morgan fingerprint density at radius 1 is 0.893 bits per heavy atom. The van der Waals surface area contributed by atoms with Crippen LogP contribution in [-0.4, -0.2) is 24.7 Å². The molecule has 0 atom stereocenters. The number of aromatic nitrogens is 1. The summed E-state index contributed by atoms with van der Waals surface area (Å²) < 4.78 is 5.83. The van der Waals surface area contributed by atoms with Crippen molar-refractivity contribution >= 4 is 11.6 Å². The maximum Gasteiger partial charge on any atom is 0.132 e. The minimum atomic E-state index is 0.583. The molecule has 0 spiro atoms. The Kier molecular flexibility index (Phi) is 7.89. The predicted octanol–water partition coefficient (Wildman–Crippen LogP) is 5.57. The zero-order valence-corrected chi connectivity index (χ0v) is 17.1. The third-order valence-corrected chi connectivity index (χ3v) is 4.94. The lowest BCUT2D eigenvalue weighted by atomic mass is 10.0. The normalized spacial score (nSPS) is 10.8. The minimum Gasteiger partial charge on any atom is -0.493 e. The molecule has 28 heavy (non-hydrogen) atoms. The molecule has 4 heteroatoms. The smallest absolute Gasteiger partial charge is 0.132 e. The first-order valence-electron chi connectivity index (χ1n) is 9.89. The Labute approximate surface area is 172 Å². The van der Waals surface area contributed by atoms with Gasteiger partial charge in [0.15, 0.2) is 0 Å². The lowest BCUT2D eigenvalue weighted by Gasteiger charge is -2.12. The van der Waals surface area contributed by atoms with Crippen LogP contribution in [0.15, 0.2) is 66.9 Å². The first-order valence-corrected chi connectivity index (χ1v) is 10.3. The van der Waals surface area contributed by atoms with Crippen LogP contribution in [-0.2, 0) is 12.8 Å². The molecule has 1 N–H and O–H groups in total.